The third-order valence-corrected chi connectivity index (χ3v) is 5.66. The summed E-state index contributed by atoms with van der Waals surface area (Å²) in [5.41, 5.74) is 1.22. The van der Waals surface area contributed by atoms with E-state index in [0.29, 0.717) is 21.8 Å². The third kappa shape index (κ3) is 4.25. The number of rotatable bonds is 5. The summed E-state index contributed by atoms with van der Waals surface area (Å²) in [7, 11) is 0. The summed E-state index contributed by atoms with van der Waals surface area (Å²) in [5, 5.41) is 21.6. The Balaban J connectivity index is 1.86. The first-order chi connectivity index (χ1) is 16.3. The monoisotopic (exact) mass is 477 g/mol. The number of aromatic hydroxyl groups is 1. The number of hydrogen-bond donors (Lipinski definition) is 2. The molecule has 0 aliphatic carbocycles. The van der Waals surface area contributed by atoms with Gasteiger partial charge in [0, 0.05) is 16.3 Å². The highest BCUT2D eigenvalue weighted by molar-refractivity contribution is 6.51. The van der Waals surface area contributed by atoms with Crippen molar-refractivity contribution in [2.24, 2.45) is 0 Å². The zero-order chi connectivity index (χ0) is 24.4. The van der Waals surface area contributed by atoms with Gasteiger partial charge < -0.3 is 14.9 Å². The van der Waals surface area contributed by atoms with Gasteiger partial charge in [-0.15, -0.1) is 0 Å². The van der Waals surface area contributed by atoms with Crippen molar-refractivity contribution in [3.63, 3.8) is 0 Å². The summed E-state index contributed by atoms with van der Waals surface area (Å²) in [6, 6.07) is 17.3. The van der Waals surface area contributed by atoms with Crippen LogP contribution in [0, 0.1) is 0 Å². The topological polar surface area (TPSA) is 104 Å². The van der Waals surface area contributed by atoms with Crippen molar-refractivity contribution in [2.45, 2.75) is 13.0 Å². The van der Waals surface area contributed by atoms with Gasteiger partial charge in [0.2, 0.25) is 0 Å². The molecule has 0 bridgehead atoms. The number of esters is 1. The van der Waals surface area contributed by atoms with Crippen molar-refractivity contribution in [1.29, 1.82) is 0 Å². The molecule has 1 amide bonds. The number of aliphatic hydroxyl groups is 1. The van der Waals surface area contributed by atoms with Crippen LogP contribution in [0.15, 0.2) is 78.4 Å². The van der Waals surface area contributed by atoms with Gasteiger partial charge in [-0.1, -0.05) is 23.7 Å². The summed E-state index contributed by atoms with van der Waals surface area (Å²) in [4.78, 5) is 39.5. The molecule has 3 aromatic carbocycles. The summed E-state index contributed by atoms with van der Waals surface area (Å²) >= 11 is 5.94. The molecule has 172 valence electrons. The molecule has 0 saturated carbocycles. The molecule has 1 unspecified atom stereocenters. The Morgan fingerprint density at radius 2 is 1.65 bits per heavy atom. The number of phenolic OH excluding ortho intramolecular Hbond substituents is 1. The van der Waals surface area contributed by atoms with Crippen molar-refractivity contribution in [1.82, 2.24) is 0 Å². The zero-order valence-corrected chi connectivity index (χ0v) is 18.8. The minimum atomic E-state index is -1.02. The number of phenols is 1. The van der Waals surface area contributed by atoms with E-state index < -0.39 is 23.7 Å². The largest absolute Gasteiger partial charge is 0.508 e. The number of halogens is 1. The molecule has 1 heterocycles. The van der Waals surface area contributed by atoms with E-state index in [1.54, 1.807) is 43.3 Å². The van der Waals surface area contributed by atoms with Gasteiger partial charge in [-0.25, -0.2) is 4.79 Å². The molecule has 1 saturated heterocycles. The number of Topliss-reactive ketones (excluding diaryl/α,β-unsaturated/α-hetero) is 1. The number of hydrogen-bond acceptors (Lipinski definition) is 6. The molecule has 1 aliphatic rings. The Labute approximate surface area is 200 Å². The average Bonchev–Trinajstić information content (AvgIpc) is 3.10. The van der Waals surface area contributed by atoms with Crippen LogP contribution in [0.4, 0.5) is 5.69 Å². The molecule has 7 nitrogen and oxygen atoms in total. The highest BCUT2D eigenvalue weighted by Gasteiger charge is 2.47. The second kappa shape index (κ2) is 9.41. The lowest BCUT2D eigenvalue weighted by molar-refractivity contribution is -0.132. The number of carbonyl (C=O) groups is 3. The fourth-order valence-corrected chi connectivity index (χ4v) is 3.97. The first-order valence-electron chi connectivity index (χ1n) is 10.4. The van der Waals surface area contributed by atoms with Crippen LogP contribution in [0.5, 0.6) is 5.75 Å². The fraction of sp³-hybridized carbons (Fsp3) is 0.115. The van der Waals surface area contributed by atoms with Crippen molar-refractivity contribution < 1.29 is 29.3 Å². The van der Waals surface area contributed by atoms with Gasteiger partial charge in [-0.2, -0.15) is 0 Å². The molecule has 1 aliphatic heterocycles. The van der Waals surface area contributed by atoms with Crippen molar-refractivity contribution >= 4 is 40.7 Å². The van der Waals surface area contributed by atoms with Crippen LogP contribution in [-0.2, 0) is 14.3 Å². The van der Waals surface area contributed by atoms with Gasteiger partial charge in [0.05, 0.1) is 23.8 Å². The molecule has 1 fully saturated rings. The maximum Gasteiger partial charge on any atom is 0.338 e. The molecule has 0 spiro atoms. The van der Waals surface area contributed by atoms with E-state index in [1.165, 1.54) is 41.3 Å². The first kappa shape index (κ1) is 23.1. The van der Waals surface area contributed by atoms with E-state index in [-0.39, 0.29) is 29.3 Å². The number of amides is 1. The lowest BCUT2D eigenvalue weighted by Gasteiger charge is -2.25. The number of ketones is 1. The first-order valence-corrected chi connectivity index (χ1v) is 10.8. The third-order valence-electron chi connectivity index (χ3n) is 5.40. The highest BCUT2D eigenvalue weighted by Crippen LogP contribution is 2.42. The molecular weight excluding hydrogens is 458 g/mol. The minimum Gasteiger partial charge on any atom is -0.508 e. The Morgan fingerprint density at radius 1 is 1.00 bits per heavy atom. The molecule has 1 atom stereocenters. The van der Waals surface area contributed by atoms with E-state index in [2.05, 4.69) is 0 Å². The maximum atomic E-state index is 13.2. The maximum absolute atomic E-state index is 13.2. The van der Waals surface area contributed by atoms with Crippen LogP contribution in [0.3, 0.4) is 0 Å². The standard InChI is InChI=1S/C26H20ClNO6/c1-2-34-26(33)16-8-12-19(13-9-16)28-22(17-4-3-5-20(29)14-17)21(24(31)25(28)32)23(30)15-6-10-18(27)11-7-15/h3-14,22,29-30H,2H2,1H3/b23-21+. The van der Waals surface area contributed by atoms with E-state index in [9.17, 15) is 24.6 Å². The number of benzene rings is 3. The van der Waals surface area contributed by atoms with Crippen LogP contribution in [0.1, 0.15) is 34.5 Å². The Morgan fingerprint density at radius 3 is 2.26 bits per heavy atom. The number of nitrogens with zero attached hydrogens (tertiary/aromatic N) is 1. The van der Waals surface area contributed by atoms with Gasteiger partial charge in [-0.3, -0.25) is 14.5 Å². The van der Waals surface area contributed by atoms with Gasteiger partial charge in [-0.05, 0) is 73.2 Å². The molecule has 3 aromatic rings. The molecule has 0 aromatic heterocycles. The van der Waals surface area contributed by atoms with Crippen LogP contribution in [-0.4, -0.2) is 34.5 Å². The second-order valence-corrected chi connectivity index (χ2v) is 7.97. The highest BCUT2D eigenvalue weighted by atomic mass is 35.5. The molecular formula is C26H20ClNO6. The molecule has 4 rings (SSSR count). The van der Waals surface area contributed by atoms with E-state index in [4.69, 9.17) is 16.3 Å². The molecule has 8 heteroatoms. The summed E-state index contributed by atoms with van der Waals surface area (Å²) in [5.74, 6) is -2.67. The fourth-order valence-electron chi connectivity index (χ4n) is 3.84. The Kier molecular flexibility index (Phi) is 6.38. The normalized spacial score (nSPS) is 17.1. The molecule has 0 radical (unpaired) electrons. The van der Waals surface area contributed by atoms with Crippen molar-refractivity contribution in [3.05, 3.63) is 100 Å². The SMILES string of the molecule is CCOC(=O)c1ccc(N2C(=O)C(=O)/C(=C(/O)c3ccc(Cl)cc3)C2c2cccc(O)c2)cc1. The summed E-state index contributed by atoms with van der Waals surface area (Å²) in [6.45, 7) is 1.92. The Bertz CT molecular complexity index is 1300. The van der Waals surface area contributed by atoms with Crippen LogP contribution >= 0.6 is 11.6 Å². The Hall–Kier alpha value is -4.10. The quantitative estimate of drug-likeness (QED) is 0.235. The number of ether oxygens (including phenoxy) is 1. The lowest BCUT2D eigenvalue weighted by Crippen LogP contribution is -2.29. The van der Waals surface area contributed by atoms with Crippen molar-refractivity contribution in [2.75, 3.05) is 11.5 Å². The smallest absolute Gasteiger partial charge is 0.338 e. The van der Waals surface area contributed by atoms with Crippen LogP contribution in [0.2, 0.25) is 5.02 Å². The van der Waals surface area contributed by atoms with Gasteiger partial charge in [0.1, 0.15) is 11.5 Å². The van der Waals surface area contributed by atoms with Crippen molar-refractivity contribution in [3.8, 4) is 5.75 Å². The van der Waals surface area contributed by atoms with Crippen LogP contribution < -0.4 is 4.90 Å². The number of carbonyl (C=O) groups excluding carboxylic acids is 3. The lowest BCUT2D eigenvalue weighted by atomic mass is 9.95. The summed E-state index contributed by atoms with van der Waals surface area (Å²) < 4.78 is 4.99. The van der Waals surface area contributed by atoms with Gasteiger partial charge >= 0.3 is 5.97 Å². The summed E-state index contributed by atoms with van der Waals surface area (Å²) in [6.07, 6.45) is 0. The minimum absolute atomic E-state index is 0.0627. The number of anilines is 1. The van der Waals surface area contributed by atoms with E-state index in [0.717, 1.165) is 0 Å². The van der Waals surface area contributed by atoms with E-state index in [1.807, 2.05) is 0 Å². The number of aliphatic hydroxyl groups excluding tert-OH is 1. The van der Waals surface area contributed by atoms with Gasteiger partial charge in [0.25, 0.3) is 11.7 Å². The second-order valence-electron chi connectivity index (χ2n) is 7.54. The van der Waals surface area contributed by atoms with Crippen LogP contribution in [0.25, 0.3) is 5.76 Å². The molecule has 2 N–H and O–H groups in total. The molecule has 34 heavy (non-hydrogen) atoms. The van der Waals surface area contributed by atoms with E-state index >= 15 is 0 Å². The zero-order valence-electron chi connectivity index (χ0n) is 18.1. The average molecular weight is 478 g/mol. The predicted molar refractivity (Wildman–Crippen MR) is 127 cm³/mol. The predicted octanol–water partition coefficient (Wildman–Crippen LogP) is 4.85. The van der Waals surface area contributed by atoms with Gasteiger partial charge in [0.15, 0.2) is 0 Å².